The van der Waals surface area contributed by atoms with Gasteiger partial charge in [-0.2, -0.15) is 0 Å². The first-order valence-electron chi connectivity index (χ1n) is 5.52. The van der Waals surface area contributed by atoms with Crippen LogP contribution in [0.25, 0.3) is 11.2 Å². The summed E-state index contributed by atoms with van der Waals surface area (Å²) >= 11 is 3.37. The Morgan fingerprint density at radius 3 is 2.68 bits per heavy atom. The van der Waals surface area contributed by atoms with Crippen molar-refractivity contribution in [3.8, 4) is 0 Å². The number of anilines is 1. The van der Waals surface area contributed by atoms with E-state index in [0.717, 1.165) is 5.56 Å². The smallest absolute Gasteiger partial charge is 0.179 e. The number of hydrogen-bond acceptors (Lipinski definition) is 4. The normalized spacial score (nSPS) is 11.1. The van der Waals surface area contributed by atoms with E-state index in [9.17, 15) is 4.39 Å². The molecule has 0 saturated heterocycles. The number of nitrogens with zero attached hydrogens (tertiary/aromatic N) is 4. The molecule has 0 radical (unpaired) electrons. The zero-order chi connectivity index (χ0) is 13.4. The average molecular weight is 322 g/mol. The van der Waals surface area contributed by atoms with Gasteiger partial charge in [-0.1, -0.05) is 12.1 Å². The van der Waals surface area contributed by atoms with Crippen LogP contribution in [0.2, 0.25) is 0 Å². The van der Waals surface area contributed by atoms with Gasteiger partial charge in [-0.05, 0) is 33.6 Å². The summed E-state index contributed by atoms with van der Waals surface area (Å²) in [6, 6.07) is 6.29. The van der Waals surface area contributed by atoms with Gasteiger partial charge < -0.3 is 5.73 Å². The Morgan fingerprint density at radius 1 is 1.21 bits per heavy atom. The highest BCUT2D eigenvalue weighted by Gasteiger charge is 2.12. The first-order chi connectivity index (χ1) is 9.15. The summed E-state index contributed by atoms with van der Waals surface area (Å²) in [4.78, 5) is 12.4. The molecule has 3 aromatic rings. The molecular weight excluding hydrogens is 313 g/mol. The molecule has 0 atom stereocenters. The number of halogens is 2. The first-order valence-corrected chi connectivity index (χ1v) is 6.31. The van der Waals surface area contributed by atoms with Gasteiger partial charge in [0, 0.05) is 0 Å². The fraction of sp³-hybridized carbons (Fsp3) is 0.0833. The minimum absolute atomic E-state index is 0.259. The molecule has 0 amide bonds. The fourth-order valence-corrected chi connectivity index (χ4v) is 2.31. The standard InChI is InChI=1S/C12H9BrFN5/c13-12-18-9-10(15)16-6-17-11(9)19(12)5-7-1-3-8(14)4-2-7/h1-4,6H,5H2,(H2,15,16,17). The average Bonchev–Trinajstić information content (AvgIpc) is 2.71. The molecule has 0 aliphatic carbocycles. The highest BCUT2D eigenvalue weighted by Crippen LogP contribution is 2.22. The van der Waals surface area contributed by atoms with Crippen LogP contribution in [0.5, 0.6) is 0 Å². The van der Waals surface area contributed by atoms with Gasteiger partial charge in [0.05, 0.1) is 6.54 Å². The summed E-state index contributed by atoms with van der Waals surface area (Å²) in [6.07, 6.45) is 1.40. The lowest BCUT2D eigenvalue weighted by Gasteiger charge is -2.05. The van der Waals surface area contributed by atoms with Gasteiger partial charge in [0.15, 0.2) is 21.7 Å². The summed E-state index contributed by atoms with van der Waals surface area (Å²) in [7, 11) is 0. The molecule has 2 aromatic heterocycles. The van der Waals surface area contributed by atoms with E-state index in [4.69, 9.17) is 5.73 Å². The van der Waals surface area contributed by atoms with Crippen molar-refractivity contribution in [1.29, 1.82) is 0 Å². The number of fused-ring (bicyclic) bond motifs is 1. The number of nitrogens with two attached hydrogens (primary N) is 1. The molecule has 7 heteroatoms. The summed E-state index contributed by atoms with van der Waals surface area (Å²) in [5, 5.41) is 0. The molecule has 2 N–H and O–H groups in total. The molecule has 96 valence electrons. The van der Waals surface area contributed by atoms with Gasteiger partial charge in [0.1, 0.15) is 12.1 Å². The zero-order valence-corrected chi connectivity index (χ0v) is 11.3. The Hall–Kier alpha value is -2.02. The highest BCUT2D eigenvalue weighted by atomic mass is 79.9. The van der Waals surface area contributed by atoms with Gasteiger partial charge in [-0.3, -0.25) is 4.57 Å². The van der Waals surface area contributed by atoms with Crippen molar-refractivity contribution in [2.24, 2.45) is 0 Å². The molecule has 0 unspecified atom stereocenters. The maximum absolute atomic E-state index is 12.9. The van der Waals surface area contributed by atoms with Crippen molar-refractivity contribution < 1.29 is 4.39 Å². The maximum Gasteiger partial charge on any atom is 0.179 e. The van der Waals surface area contributed by atoms with E-state index in [0.29, 0.717) is 28.3 Å². The van der Waals surface area contributed by atoms with Crippen LogP contribution in [-0.2, 0) is 6.54 Å². The maximum atomic E-state index is 12.9. The third kappa shape index (κ3) is 2.17. The second-order valence-electron chi connectivity index (χ2n) is 4.02. The lowest BCUT2D eigenvalue weighted by Crippen LogP contribution is -2.02. The van der Waals surface area contributed by atoms with Crippen LogP contribution >= 0.6 is 15.9 Å². The lowest BCUT2D eigenvalue weighted by atomic mass is 10.2. The number of benzene rings is 1. The SMILES string of the molecule is Nc1ncnc2c1nc(Br)n2Cc1ccc(F)cc1. The third-order valence-corrected chi connectivity index (χ3v) is 3.37. The Labute approximate surface area is 116 Å². The molecule has 19 heavy (non-hydrogen) atoms. The molecule has 0 fully saturated rings. The number of imidazole rings is 1. The number of rotatable bonds is 2. The van der Waals surface area contributed by atoms with Gasteiger partial charge in [0.25, 0.3) is 0 Å². The van der Waals surface area contributed by atoms with Crippen LogP contribution in [0.15, 0.2) is 35.3 Å². The molecule has 1 aromatic carbocycles. The van der Waals surface area contributed by atoms with Crippen LogP contribution in [0, 0.1) is 5.82 Å². The van der Waals surface area contributed by atoms with E-state index in [2.05, 4.69) is 30.9 Å². The summed E-state index contributed by atoms with van der Waals surface area (Å²) in [6.45, 7) is 0.522. The Morgan fingerprint density at radius 2 is 1.95 bits per heavy atom. The van der Waals surface area contributed by atoms with Gasteiger partial charge >= 0.3 is 0 Å². The van der Waals surface area contributed by atoms with E-state index < -0.39 is 0 Å². The summed E-state index contributed by atoms with van der Waals surface area (Å²) < 4.78 is 15.3. The predicted molar refractivity (Wildman–Crippen MR) is 72.9 cm³/mol. The predicted octanol–water partition coefficient (Wildman–Crippen LogP) is 2.36. The highest BCUT2D eigenvalue weighted by molar-refractivity contribution is 9.10. The van der Waals surface area contributed by atoms with Crippen molar-refractivity contribution in [3.63, 3.8) is 0 Å². The summed E-state index contributed by atoms with van der Waals surface area (Å²) in [5.41, 5.74) is 7.89. The van der Waals surface area contributed by atoms with Gasteiger partial charge in [0.2, 0.25) is 0 Å². The first kappa shape index (κ1) is 12.0. The van der Waals surface area contributed by atoms with Crippen molar-refractivity contribution in [3.05, 3.63) is 46.7 Å². The van der Waals surface area contributed by atoms with Crippen LogP contribution in [0.4, 0.5) is 10.2 Å². The van der Waals surface area contributed by atoms with Crippen molar-refractivity contribution in [2.75, 3.05) is 5.73 Å². The molecule has 0 saturated carbocycles. The number of aromatic nitrogens is 4. The molecular formula is C12H9BrFN5. The molecule has 0 spiro atoms. The second kappa shape index (κ2) is 4.58. The topological polar surface area (TPSA) is 69.6 Å². The van der Waals surface area contributed by atoms with E-state index in [1.54, 1.807) is 12.1 Å². The van der Waals surface area contributed by atoms with E-state index in [1.165, 1.54) is 18.5 Å². The van der Waals surface area contributed by atoms with Gasteiger partial charge in [-0.25, -0.2) is 19.3 Å². The van der Waals surface area contributed by atoms with Crippen LogP contribution < -0.4 is 5.73 Å². The third-order valence-electron chi connectivity index (χ3n) is 2.77. The number of hydrogen-bond donors (Lipinski definition) is 1. The van der Waals surface area contributed by atoms with Crippen molar-refractivity contribution >= 4 is 32.9 Å². The monoisotopic (exact) mass is 321 g/mol. The number of nitrogen functional groups attached to an aromatic ring is 1. The van der Waals surface area contributed by atoms with Crippen LogP contribution in [-0.4, -0.2) is 19.5 Å². The minimum atomic E-state index is -0.259. The Balaban J connectivity index is 2.07. The van der Waals surface area contributed by atoms with Crippen molar-refractivity contribution in [2.45, 2.75) is 6.54 Å². The molecule has 3 rings (SSSR count). The van der Waals surface area contributed by atoms with E-state index in [-0.39, 0.29) is 5.82 Å². The van der Waals surface area contributed by atoms with Crippen molar-refractivity contribution in [1.82, 2.24) is 19.5 Å². The Bertz CT molecular complexity index is 738. The van der Waals surface area contributed by atoms with Gasteiger partial charge in [-0.15, -0.1) is 0 Å². The van der Waals surface area contributed by atoms with E-state index >= 15 is 0 Å². The second-order valence-corrected chi connectivity index (χ2v) is 4.73. The molecule has 0 aliphatic heterocycles. The molecule has 5 nitrogen and oxygen atoms in total. The summed E-state index contributed by atoms with van der Waals surface area (Å²) in [5.74, 6) is 0.0773. The zero-order valence-electron chi connectivity index (χ0n) is 9.72. The van der Waals surface area contributed by atoms with Crippen LogP contribution in [0.3, 0.4) is 0 Å². The Kier molecular flexibility index (Phi) is 2.90. The molecule has 0 bridgehead atoms. The molecule has 2 heterocycles. The quantitative estimate of drug-likeness (QED) is 0.735. The largest absolute Gasteiger partial charge is 0.382 e. The lowest BCUT2D eigenvalue weighted by molar-refractivity contribution is 0.626. The van der Waals surface area contributed by atoms with Crippen LogP contribution in [0.1, 0.15) is 5.56 Å². The van der Waals surface area contributed by atoms with E-state index in [1.807, 2.05) is 4.57 Å². The fourth-order valence-electron chi connectivity index (χ4n) is 1.84. The minimum Gasteiger partial charge on any atom is -0.382 e. The molecule has 0 aliphatic rings.